The van der Waals surface area contributed by atoms with Crippen molar-refractivity contribution in [1.82, 2.24) is 25.5 Å². The Labute approximate surface area is 116 Å². The van der Waals surface area contributed by atoms with Crippen molar-refractivity contribution in [3.05, 3.63) is 41.7 Å². The van der Waals surface area contributed by atoms with Crippen LogP contribution >= 0.6 is 0 Å². The van der Waals surface area contributed by atoms with Crippen LogP contribution in [0.2, 0.25) is 0 Å². The average Bonchev–Trinajstić information content (AvgIpc) is 2.97. The molecule has 0 bridgehead atoms. The van der Waals surface area contributed by atoms with Crippen molar-refractivity contribution in [2.45, 2.75) is 13.1 Å². The summed E-state index contributed by atoms with van der Waals surface area (Å²) in [5, 5.41) is 13.3. The summed E-state index contributed by atoms with van der Waals surface area (Å²) < 4.78 is 1.36. The molecule has 20 heavy (non-hydrogen) atoms. The Morgan fingerprint density at radius 3 is 2.80 bits per heavy atom. The fourth-order valence-corrected chi connectivity index (χ4v) is 1.52. The number of nitrogens with zero attached hydrogens (tertiary/aromatic N) is 4. The molecule has 0 unspecified atom stereocenters. The van der Waals surface area contributed by atoms with Crippen molar-refractivity contribution in [3.8, 4) is 11.8 Å². The minimum absolute atomic E-state index is 0.104. The smallest absolute Gasteiger partial charge is 0.242 e. The number of hydrogen-bond acceptors (Lipinski definition) is 5. The van der Waals surface area contributed by atoms with E-state index >= 15 is 0 Å². The normalized spacial score (nSPS) is 9.65. The van der Waals surface area contributed by atoms with Crippen molar-refractivity contribution in [2.24, 2.45) is 5.73 Å². The highest BCUT2D eigenvalue weighted by atomic mass is 16.2. The lowest BCUT2D eigenvalue weighted by Crippen LogP contribution is -2.27. The molecule has 0 fully saturated rings. The largest absolute Gasteiger partial charge is 0.350 e. The lowest BCUT2D eigenvalue weighted by atomic mass is 10.1. The number of nitrogens with two attached hydrogens (primary N) is 1. The van der Waals surface area contributed by atoms with Crippen LogP contribution in [0.1, 0.15) is 11.1 Å². The molecule has 1 amide bonds. The number of amides is 1. The summed E-state index contributed by atoms with van der Waals surface area (Å²) in [5.74, 6) is 5.57. The Balaban J connectivity index is 1.83. The molecule has 1 heterocycles. The first-order valence-corrected chi connectivity index (χ1v) is 6.03. The Morgan fingerprint density at radius 2 is 2.15 bits per heavy atom. The predicted molar refractivity (Wildman–Crippen MR) is 72.0 cm³/mol. The van der Waals surface area contributed by atoms with Crippen LogP contribution in [0.4, 0.5) is 0 Å². The average molecular weight is 270 g/mol. The summed E-state index contributed by atoms with van der Waals surface area (Å²) in [6.45, 7) is 0.896. The second kappa shape index (κ2) is 7.01. The van der Waals surface area contributed by atoms with Gasteiger partial charge in [0.25, 0.3) is 0 Å². The topological polar surface area (TPSA) is 98.7 Å². The molecule has 0 radical (unpaired) electrons. The predicted octanol–water partition coefficient (Wildman–Crippen LogP) is -0.700. The summed E-state index contributed by atoms with van der Waals surface area (Å²) in [6, 6.07) is 7.62. The molecule has 7 heteroatoms. The number of aromatic nitrogens is 4. The first-order chi connectivity index (χ1) is 9.78. The van der Waals surface area contributed by atoms with Gasteiger partial charge in [0.05, 0.1) is 6.54 Å². The SMILES string of the molecule is NCC#Cc1ccc(CNC(=O)Cn2cnnn2)cc1. The Bertz CT molecular complexity index is 609. The van der Waals surface area contributed by atoms with E-state index in [0.717, 1.165) is 11.1 Å². The fourth-order valence-electron chi connectivity index (χ4n) is 1.52. The zero-order valence-corrected chi connectivity index (χ0v) is 10.8. The fraction of sp³-hybridized carbons (Fsp3) is 0.231. The summed E-state index contributed by atoms with van der Waals surface area (Å²) >= 11 is 0. The van der Waals surface area contributed by atoms with Gasteiger partial charge < -0.3 is 11.1 Å². The molecule has 2 aromatic rings. The Hall–Kier alpha value is -2.72. The van der Waals surface area contributed by atoms with Gasteiger partial charge in [-0.05, 0) is 28.1 Å². The van der Waals surface area contributed by atoms with Crippen LogP contribution in [0.5, 0.6) is 0 Å². The molecule has 0 spiro atoms. The van der Waals surface area contributed by atoms with E-state index in [1.165, 1.54) is 11.0 Å². The molecule has 1 aromatic heterocycles. The molecule has 0 aliphatic heterocycles. The van der Waals surface area contributed by atoms with Gasteiger partial charge >= 0.3 is 0 Å². The Kier molecular flexibility index (Phi) is 4.81. The molecular weight excluding hydrogens is 256 g/mol. The zero-order valence-electron chi connectivity index (χ0n) is 10.8. The monoisotopic (exact) mass is 270 g/mol. The van der Waals surface area contributed by atoms with Gasteiger partial charge in [0.2, 0.25) is 5.91 Å². The molecule has 0 saturated heterocycles. The van der Waals surface area contributed by atoms with Crippen molar-refractivity contribution in [1.29, 1.82) is 0 Å². The van der Waals surface area contributed by atoms with Crippen molar-refractivity contribution in [2.75, 3.05) is 6.54 Å². The highest BCUT2D eigenvalue weighted by Crippen LogP contribution is 2.02. The van der Waals surface area contributed by atoms with E-state index in [2.05, 4.69) is 32.7 Å². The van der Waals surface area contributed by atoms with Crippen LogP contribution in [0, 0.1) is 11.8 Å². The number of benzene rings is 1. The van der Waals surface area contributed by atoms with Crippen LogP contribution in [0.25, 0.3) is 0 Å². The minimum Gasteiger partial charge on any atom is -0.350 e. The molecule has 0 aliphatic rings. The highest BCUT2D eigenvalue weighted by Gasteiger charge is 2.03. The van der Waals surface area contributed by atoms with Gasteiger partial charge in [0.15, 0.2) is 0 Å². The summed E-state index contributed by atoms with van der Waals surface area (Å²) in [4.78, 5) is 11.6. The third kappa shape index (κ3) is 4.19. The van der Waals surface area contributed by atoms with Gasteiger partial charge in [-0.25, -0.2) is 4.68 Å². The van der Waals surface area contributed by atoms with Gasteiger partial charge in [0.1, 0.15) is 12.9 Å². The molecule has 1 aromatic carbocycles. The van der Waals surface area contributed by atoms with Gasteiger partial charge in [-0.15, -0.1) is 5.10 Å². The number of tetrazole rings is 1. The first-order valence-electron chi connectivity index (χ1n) is 6.03. The molecule has 0 aliphatic carbocycles. The van der Waals surface area contributed by atoms with Crippen LogP contribution in [-0.4, -0.2) is 32.7 Å². The van der Waals surface area contributed by atoms with Crippen molar-refractivity contribution >= 4 is 5.91 Å². The standard InChI is InChI=1S/C13H14N6O/c14-7-1-2-11-3-5-12(6-4-11)8-15-13(20)9-19-10-16-17-18-19/h3-6,10H,7-9,14H2,(H,15,20). The number of carbonyl (C=O) groups is 1. The molecule has 7 nitrogen and oxygen atoms in total. The van der Waals surface area contributed by atoms with Crippen molar-refractivity contribution in [3.63, 3.8) is 0 Å². The molecule has 3 N–H and O–H groups in total. The number of carbonyl (C=O) groups excluding carboxylic acids is 1. The third-order valence-corrected chi connectivity index (χ3v) is 2.48. The van der Waals surface area contributed by atoms with Crippen LogP contribution in [-0.2, 0) is 17.9 Å². The maximum absolute atomic E-state index is 11.6. The number of rotatable bonds is 4. The van der Waals surface area contributed by atoms with E-state index in [9.17, 15) is 4.79 Å². The second-order valence-corrected chi connectivity index (χ2v) is 3.99. The maximum Gasteiger partial charge on any atom is 0.242 e. The summed E-state index contributed by atoms with van der Waals surface area (Å²) in [7, 11) is 0. The molecule has 0 saturated carbocycles. The van der Waals surface area contributed by atoms with E-state index in [1.54, 1.807) is 0 Å². The molecule has 102 valence electrons. The quantitative estimate of drug-likeness (QED) is 0.716. The van der Waals surface area contributed by atoms with Crippen LogP contribution in [0.15, 0.2) is 30.6 Å². The number of hydrogen-bond donors (Lipinski definition) is 2. The van der Waals surface area contributed by atoms with Crippen LogP contribution in [0.3, 0.4) is 0 Å². The first kappa shape index (κ1) is 13.7. The van der Waals surface area contributed by atoms with E-state index in [0.29, 0.717) is 13.1 Å². The van der Waals surface area contributed by atoms with Gasteiger partial charge in [-0.2, -0.15) is 0 Å². The lowest BCUT2D eigenvalue weighted by Gasteiger charge is -2.05. The number of nitrogens with one attached hydrogen (secondary N) is 1. The summed E-state index contributed by atoms with van der Waals surface area (Å²) in [5.41, 5.74) is 7.20. The van der Waals surface area contributed by atoms with E-state index in [1.807, 2.05) is 24.3 Å². The maximum atomic E-state index is 11.6. The van der Waals surface area contributed by atoms with Crippen molar-refractivity contribution < 1.29 is 4.79 Å². The van der Waals surface area contributed by atoms with E-state index < -0.39 is 0 Å². The lowest BCUT2D eigenvalue weighted by molar-refractivity contribution is -0.122. The van der Waals surface area contributed by atoms with Gasteiger partial charge in [0, 0.05) is 12.1 Å². The zero-order chi connectivity index (χ0) is 14.2. The van der Waals surface area contributed by atoms with E-state index in [4.69, 9.17) is 5.73 Å². The molecule has 0 atom stereocenters. The molecular formula is C13H14N6O. The highest BCUT2D eigenvalue weighted by molar-refractivity contribution is 5.75. The minimum atomic E-state index is -0.149. The summed E-state index contributed by atoms with van der Waals surface area (Å²) in [6.07, 6.45) is 1.39. The van der Waals surface area contributed by atoms with Crippen LogP contribution < -0.4 is 11.1 Å². The molecule has 2 rings (SSSR count). The third-order valence-electron chi connectivity index (χ3n) is 2.48. The van der Waals surface area contributed by atoms with E-state index in [-0.39, 0.29) is 12.5 Å². The van der Waals surface area contributed by atoms with Gasteiger partial charge in [-0.1, -0.05) is 24.0 Å². The second-order valence-electron chi connectivity index (χ2n) is 3.99. The Morgan fingerprint density at radius 1 is 1.35 bits per heavy atom. The van der Waals surface area contributed by atoms with Gasteiger partial charge in [-0.3, -0.25) is 4.79 Å².